The molecule has 0 bridgehead atoms. The fraction of sp³-hybridized carbons (Fsp3) is 0.385. The predicted molar refractivity (Wildman–Crippen MR) is 71.2 cm³/mol. The van der Waals surface area contributed by atoms with Gasteiger partial charge in [-0.3, -0.25) is 19.7 Å². The molecule has 1 aromatic carbocycles. The second-order valence-electron chi connectivity index (χ2n) is 4.82. The van der Waals surface area contributed by atoms with Crippen molar-refractivity contribution in [2.75, 3.05) is 26.7 Å². The quantitative estimate of drug-likeness (QED) is 0.603. The molecule has 1 fully saturated rings. The topological polar surface area (TPSA) is 83.8 Å². The molecule has 2 rings (SSSR count). The van der Waals surface area contributed by atoms with E-state index in [1.165, 1.54) is 15.9 Å². The molecule has 1 heterocycles. The summed E-state index contributed by atoms with van der Waals surface area (Å²) in [6, 6.07) is 2.98. The maximum atomic E-state index is 13.6. The van der Waals surface area contributed by atoms with Crippen molar-refractivity contribution in [3.05, 3.63) is 39.7 Å². The SMILES string of the molecule is CN1CCCN(C(=O)c2ccc([N+](=O)[O-])c(F)c2)CC1=O. The van der Waals surface area contributed by atoms with E-state index in [0.717, 1.165) is 12.1 Å². The van der Waals surface area contributed by atoms with Crippen molar-refractivity contribution in [3.63, 3.8) is 0 Å². The lowest BCUT2D eigenvalue weighted by Crippen LogP contribution is -2.38. The molecule has 0 radical (unpaired) electrons. The summed E-state index contributed by atoms with van der Waals surface area (Å²) in [7, 11) is 1.65. The lowest BCUT2D eigenvalue weighted by Gasteiger charge is -2.19. The van der Waals surface area contributed by atoms with Crippen LogP contribution >= 0.6 is 0 Å². The molecule has 7 nitrogen and oxygen atoms in total. The van der Waals surface area contributed by atoms with E-state index in [4.69, 9.17) is 0 Å². The van der Waals surface area contributed by atoms with Crippen molar-refractivity contribution < 1.29 is 18.9 Å². The first-order valence-corrected chi connectivity index (χ1v) is 6.37. The number of nitro groups is 1. The van der Waals surface area contributed by atoms with Gasteiger partial charge in [0.1, 0.15) is 6.54 Å². The molecule has 8 heteroatoms. The molecule has 1 saturated heterocycles. The molecule has 1 aromatic rings. The van der Waals surface area contributed by atoms with Crippen LogP contribution in [0.5, 0.6) is 0 Å². The summed E-state index contributed by atoms with van der Waals surface area (Å²) >= 11 is 0. The summed E-state index contributed by atoms with van der Waals surface area (Å²) in [6.45, 7) is 0.860. The van der Waals surface area contributed by atoms with Crippen LogP contribution < -0.4 is 0 Å². The van der Waals surface area contributed by atoms with Gasteiger partial charge >= 0.3 is 5.69 Å². The maximum absolute atomic E-state index is 13.6. The van der Waals surface area contributed by atoms with E-state index in [2.05, 4.69) is 0 Å². The number of carbonyl (C=O) groups is 2. The molecule has 0 spiro atoms. The molecule has 0 aromatic heterocycles. The Bertz CT molecular complexity index is 605. The van der Waals surface area contributed by atoms with E-state index in [-0.39, 0.29) is 18.0 Å². The van der Waals surface area contributed by atoms with Crippen LogP contribution in [-0.4, -0.2) is 53.2 Å². The minimum absolute atomic E-state index is 0.00421. The number of rotatable bonds is 2. The number of hydrogen-bond donors (Lipinski definition) is 0. The van der Waals surface area contributed by atoms with Crippen LogP contribution in [0.1, 0.15) is 16.8 Å². The second-order valence-corrected chi connectivity index (χ2v) is 4.82. The Morgan fingerprint density at radius 1 is 1.38 bits per heavy atom. The highest BCUT2D eigenvalue weighted by molar-refractivity contribution is 5.96. The van der Waals surface area contributed by atoms with E-state index < -0.39 is 22.3 Å². The monoisotopic (exact) mass is 295 g/mol. The van der Waals surface area contributed by atoms with Crippen molar-refractivity contribution in [2.45, 2.75) is 6.42 Å². The van der Waals surface area contributed by atoms with Crippen LogP contribution in [0.25, 0.3) is 0 Å². The summed E-state index contributed by atoms with van der Waals surface area (Å²) in [5.74, 6) is -1.76. The van der Waals surface area contributed by atoms with Crippen LogP contribution in [-0.2, 0) is 4.79 Å². The van der Waals surface area contributed by atoms with Gasteiger partial charge in [0, 0.05) is 31.8 Å². The van der Waals surface area contributed by atoms with Crippen LogP contribution in [0.15, 0.2) is 18.2 Å². The van der Waals surface area contributed by atoms with Gasteiger partial charge in [0.2, 0.25) is 11.7 Å². The van der Waals surface area contributed by atoms with Gasteiger partial charge in [-0.25, -0.2) is 0 Å². The molecule has 0 atom stereocenters. The molecule has 0 N–H and O–H groups in total. The van der Waals surface area contributed by atoms with Crippen LogP contribution in [0, 0.1) is 15.9 Å². The third-order valence-electron chi connectivity index (χ3n) is 3.35. The highest BCUT2D eigenvalue weighted by Gasteiger charge is 2.25. The summed E-state index contributed by atoms with van der Waals surface area (Å²) < 4.78 is 13.6. The molecule has 1 aliphatic heterocycles. The zero-order valence-electron chi connectivity index (χ0n) is 11.4. The van der Waals surface area contributed by atoms with E-state index >= 15 is 0 Å². The minimum atomic E-state index is -1.07. The van der Waals surface area contributed by atoms with E-state index in [0.29, 0.717) is 19.5 Å². The summed E-state index contributed by atoms with van der Waals surface area (Å²) in [4.78, 5) is 36.5. The summed E-state index contributed by atoms with van der Waals surface area (Å²) in [5.41, 5.74) is -0.686. The number of benzene rings is 1. The molecule has 0 saturated carbocycles. The van der Waals surface area contributed by atoms with Gasteiger partial charge in [0.15, 0.2) is 0 Å². The Hall–Kier alpha value is -2.51. The first-order valence-electron chi connectivity index (χ1n) is 6.37. The lowest BCUT2D eigenvalue weighted by atomic mass is 10.1. The molecular weight excluding hydrogens is 281 g/mol. The highest BCUT2D eigenvalue weighted by atomic mass is 19.1. The summed E-state index contributed by atoms with van der Waals surface area (Å²) in [5, 5.41) is 10.5. The van der Waals surface area contributed by atoms with Crippen molar-refractivity contribution in [1.82, 2.24) is 9.80 Å². The van der Waals surface area contributed by atoms with Gasteiger partial charge in [-0.15, -0.1) is 0 Å². The number of nitro benzene ring substituents is 1. The van der Waals surface area contributed by atoms with Crippen molar-refractivity contribution in [1.29, 1.82) is 0 Å². The number of carbonyl (C=O) groups excluding carboxylic acids is 2. The Balaban J connectivity index is 2.21. The van der Waals surface area contributed by atoms with Gasteiger partial charge < -0.3 is 9.80 Å². The first-order chi connectivity index (χ1) is 9.90. The third kappa shape index (κ3) is 3.15. The molecule has 2 amide bonds. The average Bonchev–Trinajstić information content (AvgIpc) is 2.60. The molecule has 112 valence electrons. The normalized spacial score (nSPS) is 15.8. The van der Waals surface area contributed by atoms with Crippen LogP contribution in [0.3, 0.4) is 0 Å². The molecule has 0 aliphatic carbocycles. The van der Waals surface area contributed by atoms with E-state index in [1.807, 2.05) is 0 Å². The molecular formula is C13H14FN3O4. The first kappa shape index (κ1) is 14.9. The third-order valence-corrected chi connectivity index (χ3v) is 3.35. The van der Waals surface area contributed by atoms with Gasteiger partial charge in [-0.1, -0.05) is 0 Å². The largest absolute Gasteiger partial charge is 0.344 e. The van der Waals surface area contributed by atoms with Gasteiger partial charge in [-0.05, 0) is 18.6 Å². The number of amides is 2. The fourth-order valence-electron chi connectivity index (χ4n) is 2.13. The smallest absolute Gasteiger partial charge is 0.304 e. The Morgan fingerprint density at radius 3 is 2.71 bits per heavy atom. The number of hydrogen-bond acceptors (Lipinski definition) is 4. The molecule has 21 heavy (non-hydrogen) atoms. The average molecular weight is 295 g/mol. The zero-order valence-corrected chi connectivity index (χ0v) is 11.4. The number of likely N-dealkylation sites (N-methyl/N-ethyl adjacent to an activating group) is 1. The maximum Gasteiger partial charge on any atom is 0.304 e. The van der Waals surface area contributed by atoms with E-state index in [1.54, 1.807) is 7.05 Å². The fourth-order valence-corrected chi connectivity index (χ4v) is 2.13. The van der Waals surface area contributed by atoms with E-state index in [9.17, 15) is 24.1 Å². The van der Waals surface area contributed by atoms with Gasteiger partial charge in [-0.2, -0.15) is 4.39 Å². The van der Waals surface area contributed by atoms with Crippen molar-refractivity contribution in [2.24, 2.45) is 0 Å². The highest BCUT2D eigenvalue weighted by Crippen LogP contribution is 2.19. The minimum Gasteiger partial charge on any atom is -0.344 e. The zero-order chi connectivity index (χ0) is 15.6. The van der Waals surface area contributed by atoms with Crippen molar-refractivity contribution >= 4 is 17.5 Å². The summed E-state index contributed by atoms with van der Waals surface area (Å²) in [6.07, 6.45) is 0.628. The van der Waals surface area contributed by atoms with Crippen LogP contribution in [0.2, 0.25) is 0 Å². The Labute approximate surface area is 120 Å². The van der Waals surface area contributed by atoms with Crippen molar-refractivity contribution in [3.8, 4) is 0 Å². The molecule has 0 unspecified atom stereocenters. The second kappa shape index (κ2) is 5.86. The van der Waals surface area contributed by atoms with Gasteiger partial charge in [0.05, 0.1) is 4.92 Å². The number of halogens is 1. The van der Waals surface area contributed by atoms with Crippen LogP contribution in [0.4, 0.5) is 10.1 Å². The van der Waals surface area contributed by atoms with Gasteiger partial charge in [0.25, 0.3) is 5.91 Å². The number of nitrogens with zero attached hydrogens (tertiary/aromatic N) is 3. The lowest BCUT2D eigenvalue weighted by molar-refractivity contribution is -0.387. The molecule has 1 aliphatic rings. The Kier molecular flexibility index (Phi) is 4.15. The predicted octanol–water partition coefficient (Wildman–Crippen LogP) is 1.04. The Morgan fingerprint density at radius 2 is 2.10 bits per heavy atom. The standard InChI is InChI=1S/C13H14FN3O4/c1-15-5-2-6-16(8-12(15)18)13(19)9-3-4-11(17(20)21)10(14)7-9/h3-4,7H,2,5-6,8H2,1H3.